The van der Waals surface area contributed by atoms with Gasteiger partial charge in [0.1, 0.15) is 17.1 Å². The van der Waals surface area contributed by atoms with Crippen molar-refractivity contribution in [2.45, 2.75) is 12.8 Å². The smallest absolute Gasteiger partial charge is 0.320 e. The lowest BCUT2D eigenvalue weighted by Crippen LogP contribution is -2.19. The number of aromatic nitrogens is 3. The fourth-order valence-corrected chi connectivity index (χ4v) is 4.17. The van der Waals surface area contributed by atoms with E-state index in [2.05, 4.69) is 57.5 Å². The second kappa shape index (κ2) is 7.72. The van der Waals surface area contributed by atoms with Gasteiger partial charge in [-0.1, -0.05) is 54.6 Å². The van der Waals surface area contributed by atoms with Crippen LogP contribution in [0.1, 0.15) is 29.8 Å². The molecule has 0 spiro atoms. The molecule has 6 heteroatoms. The third kappa shape index (κ3) is 3.36. The van der Waals surface area contributed by atoms with Crippen molar-refractivity contribution >= 4 is 11.6 Å². The summed E-state index contributed by atoms with van der Waals surface area (Å²) < 4.78 is 5.60. The molecule has 0 saturated heterocycles. The number of aromatic hydroxyl groups is 2. The fourth-order valence-electron chi connectivity index (χ4n) is 4.17. The highest BCUT2D eigenvalue weighted by Crippen LogP contribution is 2.45. The zero-order valence-electron chi connectivity index (χ0n) is 16.9. The van der Waals surface area contributed by atoms with Crippen LogP contribution < -0.4 is 4.74 Å². The molecule has 0 amide bonds. The van der Waals surface area contributed by atoms with Gasteiger partial charge >= 0.3 is 6.01 Å². The van der Waals surface area contributed by atoms with Crippen LogP contribution in [0.2, 0.25) is 0 Å². The maximum atomic E-state index is 10.3. The quantitative estimate of drug-likeness (QED) is 0.645. The molecule has 2 atom stereocenters. The molecule has 6 nitrogen and oxygen atoms in total. The van der Waals surface area contributed by atoms with Crippen LogP contribution in [0.4, 0.5) is 0 Å². The molecule has 0 radical (unpaired) electrons. The topological polar surface area (TPSA) is 88.4 Å². The number of hydrogen-bond donors (Lipinski definition) is 2. The van der Waals surface area contributed by atoms with Crippen LogP contribution in [0.3, 0.4) is 0 Å². The number of phenolic OH excluding ortho intramolecular Hbond substituents is 2. The molecule has 0 bridgehead atoms. The van der Waals surface area contributed by atoms with Gasteiger partial charge in [0, 0.05) is 17.4 Å². The average molecular weight is 411 g/mol. The zero-order chi connectivity index (χ0) is 21.4. The molecule has 2 unspecified atom stereocenters. The molecule has 2 N–H and O–H groups in total. The number of benzene rings is 2. The van der Waals surface area contributed by atoms with Crippen molar-refractivity contribution in [3.8, 4) is 28.9 Å². The minimum absolute atomic E-state index is 0.0580. The van der Waals surface area contributed by atoms with E-state index in [1.54, 1.807) is 6.07 Å². The highest BCUT2D eigenvalue weighted by Gasteiger charge is 2.32. The first-order chi connectivity index (χ1) is 15.2. The van der Waals surface area contributed by atoms with E-state index < -0.39 is 0 Å². The third-order valence-electron chi connectivity index (χ3n) is 5.55. The van der Waals surface area contributed by atoms with E-state index >= 15 is 0 Å². The number of ether oxygens (including phenoxy) is 1. The standard InChI is InChI=1S/C25H21N3O3/c1-2-31-25-27-23(26-24(28-25)22-20(29)12-7-13-21(22)30)19-14-15-8-3-4-9-16(15)17-10-5-6-11-18(17)19/h3-14,17-18,29-30H,2H2,1H3. The second-order valence-corrected chi connectivity index (χ2v) is 7.42. The summed E-state index contributed by atoms with van der Waals surface area (Å²) in [4.78, 5) is 13.5. The van der Waals surface area contributed by atoms with E-state index in [-0.39, 0.29) is 40.7 Å². The molecule has 31 heavy (non-hydrogen) atoms. The summed E-state index contributed by atoms with van der Waals surface area (Å²) in [6.45, 7) is 2.23. The Labute approximate surface area is 179 Å². The highest BCUT2D eigenvalue weighted by molar-refractivity contribution is 5.86. The molecule has 0 aliphatic heterocycles. The minimum Gasteiger partial charge on any atom is -0.507 e. The lowest BCUT2D eigenvalue weighted by atomic mass is 9.72. The van der Waals surface area contributed by atoms with Crippen molar-refractivity contribution in [3.05, 3.63) is 83.7 Å². The summed E-state index contributed by atoms with van der Waals surface area (Å²) >= 11 is 0. The van der Waals surface area contributed by atoms with Crippen LogP contribution in [0.15, 0.2) is 66.8 Å². The predicted molar refractivity (Wildman–Crippen MR) is 119 cm³/mol. The summed E-state index contributed by atoms with van der Waals surface area (Å²) in [5, 5.41) is 20.7. The number of nitrogens with zero attached hydrogens (tertiary/aromatic N) is 3. The maximum Gasteiger partial charge on any atom is 0.320 e. The summed E-state index contributed by atoms with van der Waals surface area (Å²) in [5.41, 5.74) is 3.46. The van der Waals surface area contributed by atoms with Crippen molar-refractivity contribution in [3.63, 3.8) is 0 Å². The molecule has 2 aromatic carbocycles. The normalized spacial score (nSPS) is 18.8. The Kier molecular flexibility index (Phi) is 4.75. The van der Waals surface area contributed by atoms with Crippen molar-refractivity contribution in [1.82, 2.24) is 15.0 Å². The molecule has 3 aromatic rings. The number of hydrogen-bond acceptors (Lipinski definition) is 6. The van der Waals surface area contributed by atoms with E-state index in [0.29, 0.717) is 12.4 Å². The molecular weight excluding hydrogens is 390 g/mol. The van der Waals surface area contributed by atoms with E-state index in [1.165, 1.54) is 17.7 Å². The van der Waals surface area contributed by atoms with Crippen LogP contribution in [0.5, 0.6) is 17.5 Å². The van der Waals surface area contributed by atoms with Crippen LogP contribution in [-0.2, 0) is 0 Å². The monoisotopic (exact) mass is 411 g/mol. The van der Waals surface area contributed by atoms with Gasteiger partial charge in [0.15, 0.2) is 11.6 Å². The van der Waals surface area contributed by atoms with Gasteiger partial charge in [-0.2, -0.15) is 9.97 Å². The third-order valence-corrected chi connectivity index (χ3v) is 5.55. The Hall–Kier alpha value is -3.93. The van der Waals surface area contributed by atoms with Crippen molar-refractivity contribution in [2.75, 3.05) is 6.61 Å². The van der Waals surface area contributed by atoms with Crippen LogP contribution in [0.25, 0.3) is 23.0 Å². The highest BCUT2D eigenvalue weighted by atomic mass is 16.5. The van der Waals surface area contributed by atoms with Crippen molar-refractivity contribution < 1.29 is 14.9 Å². The molecule has 0 fully saturated rings. The molecule has 5 rings (SSSR count). The number of phenols is 2. The van der Waals surface area contributed by atoms with Crippen molar-refractivity contribution in [1.29, 1.82) is 0 Å². The van der Waals surface area contributed by atoms with Gasteiger partial charge in [-0.3, -0.25) is 0 Å². The fraction of sp³-hybridized carbons (Fsp3) is 0.160. The van der Waals surface area contributed by atoms with Gasteiger partial charge in [-0.25, -0.2) is 4.98 Å². The van der Waals surface area contributed by atoms with E-state index in [4.69, 9.17) is 4.74 Å². The Balaban J connectivity index is 1.71. The van der Waals surface area contributed by atoms with E-state index in [1.807, 2.05) is 19.1 Å². The number of fused-ring (bicyclic) bond motifs is 3. The molecule has 1 aromatic heterocycles. The number of rotatable bonds is 4. The van der Waals surface area contributed by atoms with Crippen LogP contribution in [0, 0.1) is 5.92 Å². The van der Waals surface area contributed by atoms with Crippen LogP contribution >= 0.6 is 0 Å². The number of allylic oxidation sites excluding steroid dienone is 5. The molecule has 154 valence electrons. The Morgan fingerprint density at radius 3 is 2.32 bits per heavy atom. The first-order valence-corrected chi connectivity index (χ1v) is 10.2. The Bertz CT molecular complexity index is 1230. The summed E-state index contributed by atoms with van der Waals surface area (Å²) in [7, 11) is 0. The summed E-state index contributed by atoms with van der Waals surface area (Å²) in [5.74, 6) is 0.635. The van der Waals surface area contributed by atoms with Gasteiger partial charge in [0.25, 0.3) is 0 Å². The lowest BCUT2D eigenvalue weighted by Gasteiger charge is -2.31. The molecule has 2 aliphatic rings. The average Bonchev–Trinajstić information content (AvgIpc) is 2.78. The maximum absolute atomic E-state index is 10.3. The van der Waals surface area contributed by atoms with E-state index in [0.717, 1.165) is 11.1 Å². The molecular formula is C25H21N3O3. The van der Waals surface area contributed by atoms with E-state index in [9.17, 15) is 10.2 Å². The Morgan fingerprint density at radius 2 is 1.55 bits per heavy atom. The van der Waals surface area contributed by atoms with Gasteiger partial charge in [0.05, 0.1) is 6.61 Å². The molecule has 0 saturated carbocycles. The predicted octanol–water partition coefficient (Wildman–Crippen LogP) is 4.73. The first-order valence-electron chi connectivity index (χ1n) is 10.2. The zero-order valence-corrected chi connectivity index (χ0v) is 16.9. The summed E-state index contributed by atoms with van der Waals surface area (Å²) in [6, 6.07) is 13.0. The van der Waals surface area contributed by atoms with Gasteiger partial charge in [-0.05, 0) is 36.3 Å². The van der Waals surface area contributed by atoms with Crippen molar-refractivity contribution in [2.24, 2.45) is 5.92 Å². The first kappa shape index (κ1) is 19.1. The molecule has 2 aliphatic carbocycles. The van der Waals surface area contributed by atoms with Crippen LogP contribution in [-0.4, -0.2) is 31.8 Å². The SMILES string of the molecule is CCOc1nc(C2=Cc3ccccc3C3C=CC=CC23)nc(-c2c(O)cccc2O)n1. The largest absolute Gasteiger partial charge is 0.507 e. The minimum atomic E-state index is -0.110. The van der Waals surface area contributed by atoms with Gasteiger partial charge < -0.3 is 14.9 Å². The molecule has 1 heterocycles. The Morgan fingerprint density at radius 1 is 0.839 bits per heavy atom. The second-order valence-electron chi connectivity index (χ2n) is 7.42. The summed E-state index contributed by atoms with van der Waals surface area (Å²) in [6.07, 6.45) is 10.5. The van der Waals surface area contributed by atoms with Gasteiger partial charge in [0.2, 0.25) is 0 Å². The lowest BCUT2D eigenvalue weighted by molar-refractivity contribution is 0.311. The van der Waals surface area contributed by atoms with Gasteiger partial charge in [-0.15, -0.1) is 0 Å².